The molecule has 18 heavy (non-hydrogen) atoms. The highest BCUT2D eigenvalue weighted by Crippen LogP contribution is 2.28. The largest absolute Gasteiger partial charge is 0.453 e. The summed E-state index contributed by atoms with van der Waals surface area (Å²) in [5.74, 6) is 0.548. The molecule has 1 aromatic carbocycles. The lowest BCUT2D eigenvalue weighted by Gasteiger charge is -2.10. The van der Waals surface area contributed by atoms with E-state index >= 15 is 0 Å². The zero-order valence-electron chi connectivity index (χ0n) is 9.64. The molecule has 0 saturated heterocycles. The number of carbonyl (C=O) groups is 1. The standard InChI is InChI=1S/C12H11N3O3/c1-8(16)14-10-4-2-3-5-11(10)18-9-6-12(17)15-13-7-9/h2-7H,1H3,(H,14,16)(H,15,17). The van der Waals surface area contributed by atoms with Crippen LogP contribution >= 0.6 is 0 Å². The topological polar surface area (TPSA) is 84.1 Å². The van der Waals surface area contributed by atoms with Gasteiger partial charge in [-0.15, -0.1) is 0 Å². The van der Waals surface area contributed by atoms with Crippen LogP contribution in [0.2, 0.25) is 0 Å². The van der Waals surface area contributed by atoms with E-state index in [1.807, 2.05) is 0 Å². The number of benzene rings is 1. The smallest absolute Gasteiger partial charge is 0.267 e. The van der Waals surface area contributed by atoms with Gasteiger partial charge in [-0.2, -0.15) is 5.10 Å². The van der Waals surface area contributed by atoms with Gasteiger partial charge in [0.25, 0.3) is 5.56 Å². The van der Waals surface area contributed by atoms with Gasteiger partial charge in [-0.05, 0) is 12.1 Å². The van der Waals surface area contributed by atoms with E-state index in [2.05, 4.69) is 15.5 Å². The van der Waals surface area contributed by atoms with E-state index in [1.165, 1.54) is 19.2 Å². The highest BCUT2D eigenvalue weighted by Gasteiger charge is 2.06. The lowest BCUT2D eigenvalue weighted by molar-refractivity contribution is -0.114. The summed E-state index contributed by atoms with van der Waals surface area (Å²) in [5.41, 5.74) is 0.176. The number of ether oxygens (including phenoxy) is 1. The van der Waals surface area contributed by atoms with E-state index in [0.29, 0.717) is 17.2 Å². The van der Waals surface area contributed by atoms with Gasteiger partial charge in [0.05, 0.1) is 11.9 Å². The van der Waals surface area contributed by atoms with Gasteiger partial charge in [0.1, 0.15) is 0 Å². The van der Waals surface area contributed by atoms with Crippen LogP contribution in [0.25, 0.3) is 0 Å². The second-order valence-electron chi connectivity index (χ2n) is 3.56. The van der Waals surface area contributed by atoms with Crippen LogP contribution in [0, 0.1) is 0 Å². The Kier molecular flexibility index (Phi) is 3.38. The molecule has 6 heteroatoms. The number of aromatic amines is 1. The molecule has 0 radical (unpaired) electrons. The van der Waals surface area contributed by atoms with Crippen molar-refractivity contribution in [3.05, 3.63) is 46.9 Å². The molecule has 6 nitrogen and oxygen atoms in total. The number of hydrogen-bond acceptors (Lipinski definition) is 4. The monoisotopic (exact) mass is 245 g/mol. The summed E-state index contributed by atoms with van der Waals surface area (Å²) < 4.78 is 5.49. The molecule has 0 aliphatic carbocycles. The molecule has 0 atom stereocenters. The summed E-state index contributed by atoms with van der Waals surface area (Å²) in [6.45, 7) is 1.41. The Bertz CT molecular complexity index is 622. The number of para-hydroxylation sites is 2. The van der Waals surface area contributed by atoms with Gasteiger partial charge >= 0.3 is 0 Å². The average Bonchev–Trinajstić information content (AvgIpc) is 2.31. The predicted molar refractivity (Wildman–Crippen MR) is 65.7 cm³/mol. The van der Waals surface area contributed by atoms with Crippen molar-refractivity contribution in [2.24, 2.45) is 0 Å². The molecular weight excluding hydrogens is 234 g/mol. The fraction of sp³-hybridized carbons (Fsp3) is 0.0833. The molecular formula is C12H11N3O3. The van der Waals surface area contributed by atoms with E-state index in [-0.39, 0.29) is 11.5 Å². The van der Waals surface area contributed by atoms with Crippen molar-refractivity contribution in [1.82, 2.24) is 10.2 Å². The summed E-state index contributed by atoms with van der Waals surface area (Å²) in [7, 11) is 0. The van der Waals surface area contributed by atoms with Crippen LogP contribution in [-0.4, -0.2) is 16.1 Å². The van der Waals surface area contributed by atoms with E-state index < -0.39 is 0 Å². The first-order chi connectivity index (χ1) is 8.65. The summed E-state index contributed by atoms with van der Waals surface area (Å²) >= 11 is 0. The molecule has 92 valence electrons. The summed E-state index contributed by atoms with van der Waals surface area (Å²) in [4.78, 5) is 22.1. The average molecular weight is 245 g/mol. The minimum absolute atomic E-state index is 0.199. The number of hydrogen-bond donors (Lipinski definition) is 2. The fourth-order valence-corrected chi connectivity index (χ4v) is 1.39. The number of amides is 1. The zero-order chi connectivity index (χ0) is 13.0. The lowest BCUT2D eigenvalue weighted by atomic mass is 10.3. The third-order valence-electron chi connectivity index (χ3n) is 2.07. The lowest BCUT2D eigenvalue weighted by Crippen LogP contribution is -2.08. The third kappa shape index (κ3) is 2.94. The Hall–Kier alpha value is -2.63. The SMILES string of the molecule is CC(=O)Nc1ccccc1Oc1cn[nH]c(=O)c1. The van der Waals surface area contributed by atoms with Gasteiger partial charge in [-0.3, -0.25) is 9.59 Å². The van der Waals surface area contributed by atoms with Gasteiger partial charge in [-0.1, -0.05) is 12.1 Å². The number of carbonyl (C=O) groups excluding carboxylic acids is 1. The maximum absolute atomic E-state index is 11.1. The van der Waals surface area contributed by atoms with Gasteiger partial charge < -0.3 is 10.1 Å². The van der Waals surface area contributed by atoms with Gasteiger partial charge in [0, 0.05) is 13.0 Å². The molecule has 0 spiro atoms. The van der Waals surface area contributed by atoms with Crippen molar-refractivity contribution in [2.45, 2.75) is 6.92 Å². The molecule has 2 aromatic rings. The zero-order valence-corrected chi connectivity index (χ0v) is 9.64. The number of rotatable bonds is 3. The molecule has 1 heterocycles. The highest BCUT2D eigenvalue weighted by molar-refractivity contribution is 5.90. The number of aromatic nitrogens is 2. The Morgan fingerprint density at radius 1 is 1.39 bits per heavy atom. The third-order valence-corrected chi connectivity index (χ3v) is 2.07. The number of anilines is 1. The van der Waals surface area contributed by atoms with Gasteiger partial charge in [0.2, 0.25) is 5.91 Å². The molecule has 0 aliphatic heterocycles. The van der Waals surface area contributed by atoms with Crippen LogP contribution in [0.3, 0.4) is 0 Å². The van der Waals surface area contributed by atoms with Gasteiger partial charge in [-0.25, -0.2) is 5.10 Å². The van der Waals surface area contributed by atoms with Crippen molar-refractivity contribution in [3.8, 4) is 11.5 Å². The highest BCUT2D eigenvalue weighted by atomic mass is 16.5. The Balaban J connectivity index is 2.28. The van der Waals surface area contributed by atoms with E-state index in [4.69, 9.17) is 4.74 Å². The van der Waals surface area contributed by atoms with E-state index in [9.17, 15) is 9.59 Å². The second kappa shape index (κ2) is 5.13. The molecule has 0 fully saturated rings. The normalized spacial score (nSPS) is 9.83. The predicted octanol–water partition coefficient (Wildman–Crippen LogP) is 1.52. The molecule has 0 saturated carbocycles. The van der Waals surface area contributed by atoms with Crippen molar-refractivity contribution in [3.63, 3.8) is 0 Å². The molecule has 1 aromatic heterocycles. The van der Waals surface area contributed by atoms with Gasteiger partial charge in [0.15, 0.2) is 11.5 Å². The minimum Gasteiger partial charge on any atom is -0.453 e. The Morgan fingerprint density at radius 2 is 2.17 bits per heavy atom. The molecule has 0 aliphatic rings. The maximum atomic E-state index is 11.1. The quantitative estimate of drug-likeness (QED) is 0.858. The van der Waals surface area contributed by atoms with Crippen LogP contribution in [0.15, 0.2) is 41.3 Å². The van der Waals surface area contributed by atoms with E-state index in [1.54, 1.807) is 24.3 Å². The molecule has 1 amide bonds. The van der Waals surface area contributed by atoms with Crippen molar-refractivity contribution in [2.75, 3.05) is 5.32 Å². The number of H-pyrrole nitrogens is 1. The summed E-state index contributed by atoms with van der Waals surface area (Å²) in [5, 5.41) is 8.51. The van der Waals surface area contributed by atoms with Crippen LogP contribution in [0.4, 0.5) is 5.69 Å². The molecule has 0 unspecified atom stereocenters. The van der Waals surface area contributed by atoms with E-state index in [0.717, 1.165) is 0 Å². The van der Waals surface area contributed by atoms with Crippen LogP contribution < -0.4 is 15.6 Å². The van der Waals surface area contributed by atoms with Crippen LogP contribution in [0.1, 0.15) is 6.92 Å². The number of nitrogens with one attached hydrogen (secondary N) is 2. The number of nitrogens with zero attached hydrogens (tertiary/aromatic N) is 1. The van der Waals surface area contributed by atoms with Crippen LogP contribution in [-0.2, 0) is 4.79 Å². The fourth-order valence-electron chi connectivity index (χ4n) is 1.39. The second-order valence-corrected chi connectivity index (χ2v) is 3.56. The van der Waals surface area contributed by atoms with Crippen molar-refractivity contribution < 1.29 is 9.53 Å². The first kappa shape index (κ1) is 11.8. The Labute approximate surface area is 103 Å². The molecule has 2 N–H and O–H groups in total. The molecule has 0 bridgehead atoms. The minimum atomic E-state index is -0.357. The summed E-state index contributed by atoms with van der Waals surface area (Å²) in [6, 6.07) is 8.21. The first-order valence-electron chi connectivity index (χ1n) is 5.24. The maximum Gasteiger partial charge on any atom is 0.267 e. The Morgan fingerprint density at radius 3 is 2.89 bits per heavy atom. The first-order valence-corrected chi connectivity index (χ1v) is 5.24. The van der Waals surface area contributed by atoms with Crippen LogP contribution in [0.5, 0.6) is 11.5 Å². The van der Waals surface area contributed by atoms with Crippen molar-refractivity contribution >= 4 is 11.6 Å². The molecule has 2 rings (SSSR count). The van der Waals surface area contributed by atoms with Crippen molar-refractivity contribution in [1.29, 1.82) is 0 Å². The summed E-state index contributed by atoms with van der Waals surface area (Å²) in [6.07, 6.45) is 1.38.